The van der Waals surface area contributed by atoms with E-state index in [1.165, 1.54) is 18.4 Å². The van der Waals surface area contributed by atoms with Gasteiger partial charge in [0, 0.05) is 24.3 Å². The average Bonchev–Trinajstić information content (AvgIpc) is 2.96. The molecule has 0 amide bonds. The second kappa shape index (κ2) is 5.46. The highest BCUT2D eigenvalue weighted by molar-refractivity contribution is 5.04. The molecule has 16 heavy (non-hydrogen) atoms. The van der Waals surface area contributed by atoms with Crippen molar-refractivity contribution in [3.05, 3.63) is 18.0 Å². The molecular formula is C12H21N3O. The first-order chi connectivity index (χ1) is 7.74. The number of hydrogen-bond acceptors (Lipinski definition) is 3. The smallest absolute Gasteiger partial charge is 0.0666 e. The van der Waals surface area contributed by atoms with Crippen molar-refractivity contribution < 1.29 is 4.74 Å². The zero-order valence-corrected chi connectivity index (χ0v) is 10.1. The Balaban J connectivity index is 1.68. The van der Waals surface area contributed by atoms with Crippen LogP contribution in [0.1, 0.15) is 32.3 Å². The number of aromatic nitrogens is 2. The van der Waals surface area contributed by atoms with Crippen LogP contribution in [0.15, 0.2) is 12.4 Å². The van der Waals surface area contributed by atoms with Crippen LogP contribution >= 0.6 is 0 Å². The SMILES string of the molecule is CC(C)OCCn1cc(CNC2CC2)cn1. The molecule has 1 saturated carbocycles. The van der Waals surface area contributed by atoms with Crippen molar-refractivity contribution in [2.75, 3.05) is 6.61 Å². The predicted octanol–water partition coefficient (Wildman–Crippen LogP) is 1.56. The van der Waals surface area contributed by atoms with E-state index in [1.54, 1.807) is 0 Å². The van der Waals surface area contributed by atoms with Crippen molar-refractivity contribution in [1.29, 1.82) is 0 Å². The molecule has 0 saturated heterocycles. The van der Waals surface area contributed by atoms with Gasteiger partial charge in [0.1, 0.15) is 0 Å². The molecule has 0 unspecified atom stereocenters. The molecule has 1 aliphatic carbocycles. The summed E-state index contributed by atoms with van der Waals surface area (Å²) in [6, 6.07) is 0.757. The first-order valence-corrected chi connectivity index (χ1v) is 6.10. The second-order valence-electron chi connectivity index (χ2n) is 4.69. The highest BCUT2D eigenvalue weighted by atomic mass is 16.5. The third-order valence-corrected chi connectivity index (χ3v) is 2.63. The van der Waals surface area contributed by atoms with Crippen LogP contribution in [0.2, 0.25) is 0 Å². The fourth-order valence-corrected chi connectivity index (χ4v) is 1.55. The lowest BCUT2D eigenvalue weighted by atomic mass is 10.3. The van der Waals surface area contributed by atoms with Gasteiger partial charge < -0.3 is 10.1 Å². The molecule has 1 aromatic rings. The molecular weight excluding hydrogens is 202 g/mol. The molecule has 1 aromatic heterocycles. The van der Waals surface area contributed by atoms with E-state index >= 15 is 0 Å². The molecule has 0 spiro atoms. The minimum absolute atomic E-state index is 0.298. The first-order valence-electron chi connectivity index (χ1n) is 6.10. The van der Waals surface area contributed by atoms with Crippen molar-refractivity contribution >= 4 is 0 Å². The van der Waals surface area contributed by atoms with E-state index in [4.69, 9.17) is 4.74 Å². The Hall–Kier alpha value is -0.870. The van der Waals surface area contributed by atoms with E-state index in [0.29, 0.717) is 6.10 Å². The van der Waals surface area contributed by atoms with Crippen LogP contribution in [0.5, 0.6) is 0 Å². The molecule has 1 N–H and O–H groups in total. The molecule has 1 heterocycles. The fourth-order valence-electron chi connectivity index (χ4n) is 1.55. The van der Waals surface area contributed by atoms with E-state index in [9.17, 15) is 0 Å². The van der Waals surface area contributed by atoms with E-state index in [-0.39, 0.29) is 0 Å². The zero-order valence-electron chi connectivity index (χ0n) is 10.1. The van der Waals surface area contributed by atoms with Crippen LogP contribution < -0.4 is 5.32 Å². The molecule has 1 aliphatic rings. The van der Waals surface area contributed by atoms with Gasteiger partial charge in [-0.15, -0.1) is 0 Å². The molecule has 1 fully saturated rings. The first kappa shape index (κ1) is 11.6. The number of nitrogens with zero attached hydrogens (tertiary/aromatic N) is 2. The van der Waals surface area contributed by atoms with E-state index < -0.39 is 0 Å². The predicted molar refractivity (Wildman–Crippen MR) is 63.2 cm³/mol. The van der Waals surface area contributed by atoms with Gasteiger partial charge in [0.25, 0.3) is 0 Å². The number of nitrogens with one attached hydrogen (secondary N) is 1. The van der Waals surface area contributed by atoms with Gasteiger partial charge in [-0.2, -0.15) is 5.10 Å². The molecule has 0 radical (unpaired) electrons. The Morgan fingerprint density at radius 2 is 2.38 bits per heavy atom. The highest BCUT2D eigenvalue weighted by Gasteiger charge is 2.20. The minimum atomic E-state index is 0.298. The summed E-state index contributed by atoms with van der Waals surface area (Å²) in [5.74, 6) is 0. The quantitative estimate of drug-likeness (QED) is 0.762. The normalized spacial score (nSPS) is 15.9. The van der Waals surface area contributed by atoms with Gasteiger partial charge in [0.05, 0.1) is 25.5 Å². The third kappa shape index (κ3) is 3.94. The van der Waals surface area contributed by atoms with Gasteiger partial charge in [0.2, 0.25) is 0 Å². The van der Waals surface area contributed by atoms with Crippen LogP contribution in [0.3, 0.4) is 0 Å². The zero-order chi connectivity index (χ0) is 11.4. The van der Waals surface area contributed by atoms with Crippen LogP contribution in [0.4, 0.5) is 0 Å². The Labute approximate surface area is 97.0 Å². The van der Waals surface area contributed by atoms with Crippen LogP contribution in [-0.4, -0.2) is 28.5 Å². The van der Waals surface area contributed by atoms with Gasteiger partial charge in [-0.3, -0.25) is 4.68 Å². The van der Waals surface area contributed by atoms with E-state index in [2.05, 4.69) is 16.6 Å². The molecule has 0 aromatic carbocycles. The van der Waals surface area contributed by atoms with Crippen LogP contribution in [0.25, 0.3) is 0 Å². The summed E-state index contributed by atoms with van der Waals surface area (Å²) in [5.41, 5.74) is 1.26. The summed E-state index contributed by atoms with van der Waals surface area (Å²) in [5, 5.41) is 7.78. The molecule has 0 atom stereocenters. The van der Waals surface area contributed by atoms with Gasteiger partial charge in [0.15, 0.2) is 0 Å². The van der Waals surface area contributed by atoms with E-state index in [1.807, 2.05) is 24.7 Å². The number of ether oxygens (including phenoxy) is 1. The summed E-state index contributed by atoms with van der Waals surface area (Å²) >= 11 is 0. The minimum Gasteiger partial charge on any atom is -0.377 e. The standard InChI is InChI=1S/C12H21N3O/c1-10(2)16-6-5-15-9-11(8-14-15)7-13-12-3-4-12/h8-10,12-13H,3-7H2,1-2H3. The molecule has 4 nitrogen and oxygen atoms in total. The summed E-state index contributed by atoms with van der Waals surface area (Å²) in [6.07, 6.45) is 6.99. The fraction of sp³-hybridized carbons (Fsp3) is 0.750. The van der Waals surface area contributed by atoms with Gasteiger partial charge in [-0.1, -0.05) is 0 Å². The maximum Gasteiger partial charge on any atom is 0.0666 e. The van der Waals surface area contributed by atoms with Crippen LogP contribution in [-0.2, 0) is 17.8 Å². The lowest BCUT2D eigenvalue weighted by Gasteiger charge is -2.06. The molecule has 0 aliphatic heterocycles. The molecule has 2 rings (SSSR count). The highest BCUT2D eigenvalue weighted by Crippen LogP contribution is 2.19. The lowest BCUT2D eigenvalue weighted by molar-refractivity contribution is 0.0709. The average molecular weight is 223 g/mol. The lowest BCUT2D eigenvalue weighted by Crippen LogP contribution is -2.15. The van der Waals surface area contributed by atoms with Gasteiger partial charge in [-0.05, 0) is 26.7 Å². The topological polar surface area (TPSA) is 39.1 Å². The van der Waals surface area contributed by atoms with Crippen LogP contribution in [0, 0.1) is 0 Å². The maximum atomic E-state index is 5.49. The van der Waals surface area contributed by atoms with Crippen molar-refractivity contribution in [2.45, 2.75) is 51.9 Å². The summed E-state index contributed by atoms with van der Waals surface area (Å²) in [6.45, 7) is 6.61. The Morgan fingerprint density at radius 3 is 3.06 bits per heavy atom. The maximum absolute atomic E-state index is 5.49. The van der Waals surface area contributed by atoms with Gasteiger partial charge >= 0.3 is 0 Å². The summed E-state index contributed by atoms with van der Waals surface area (Å²) in [7, 11) is 0. The molecule has 0 bridgehead atoms. The molecule has 4 heteroatoms. The Morgan fingerprint density at radius 1 is 1.56 bits per heavy atom. The van der Waals surface area contributed by atoms with Crippen molar-refractivity contribution in [3.63, 3.8) is 0 Å². The Kier molecular flexibility index (Phi) is 3.96. The third-order valence-electron chi connectivity index (χ3n) is 2.63. The van der Waals surface area contributed by atoms with Crippen molar-refractivity contribution in [2.24, 2.45) is 0 Å². The monoisotopic (exact) mass is 223 g/mol. The second-order valence-corrected chi connectivity index (χ2v) is 4.69. The summed E-state index contributed by atoms with van der Waals surface area (Å²) in [4.78, 5) is 0. The molecule has 90 valence electrons. The van der Waals surface area contributed by atoms with Gasteiger partial charge in [-0.25, -0.2) is 0 Å². The Bertz CT molecular complexity index is 318. The number of rotatable bonds is 7. The van der Waals surface area contributed by atoms with Crippen molar-refractivity contribution in [1.82, 2.24) is 15.1 Å². The van der Waals surface area contributed by atoms with Crippen molar-refractivity contribution in [3.8, 4) is 0 Å². The van der Waals surface area contributed by atoms with E-state index in [0.717, 1.165) is 25.7 Å². The largest absolute Gasteiger partial charge is 0.377 e. The summed E-state index contributed by atoms with van der Waals surface area (Å²) < 4.78 is 7.44. The number of hydrogen-bond donors (Lipinski definition) is 1.